The zero-order valence-electron chi connectivity index (χ0n) is 17.2. The quantitative estimate of drug-likeness (QED) is 0.336. The third-order valence-electron chi connectivity index (χ3n) is 5.88. The van der Waals surface area contributed by atoms with E-state index in [4.69, 9.17) is 21.4 Å². The Labute approximate surface area is 190 Å². The van der Waals surface area contributed by atoms with Gasteiger partial charge in [-0.25, -0.2) is 0 Å². The van der Waals surface area contributed by atoms with Crippen LogP contribution in [0.1, 0.15) is 36.4 Å². The van der Waals surface area contributed by atoms with Crippen LogP contribution in [0, 0.1) is 10.1 Å². The fourth-order valence-electron chi connectivity index (χ4n) is 4.36. The van der Waals surface area contributed by atoms with E-state index in [0.29, 0.717) is 28.7 Å². The summed E-state index contributed by atoms with van der Waals surface area (Å²) in [6.07, 6.45) is 3.92. The maximum atomic E-state index is 11.2. The number of hydrogen-bond donors (Lipinski definition) is 1. The average Bonchev–Trinajstić information content (AvgIpc) is 3.56. The van der Waals surface area contributed by atoms with E-state index in [0.717, 1.165) is 25.1 Å². The molecule has 4 heterocycles. The number of nitrogens with zero attached hydrogens (tertiary/aromatic N) is 3. The van der Waals surface area contributed by atoms with Crippen LogP contribution in [0.15, 0.2) is 65.2 Å². The Morgan fingerprint density at radius 3 is 2.88 bits per heavy atom. The molecule has 32 heavy (non-hydrogen) atoms. The van der Waals surface area contributed by atoms with E-state index < -0.39 is 4.92 Å². The molecule has 1 N–H and O–H groups in total. The zero-order valence-corrected chi connectivity index (χ0v) is 18.0. The molecule has 8 nitrogen and oxygen atoms in total. The number of hydrogen-bond acceptors (Lipinski definition) is 6. The van der Waals surface area contributed by atoms with Crippen molar-refractivity contribution in [1.29, 1.82) is 0 Å². The summed E-state index contributed by atoms with van der Waals surface area (Å²) in [5, 5.41) is 15.2. The van der Waals surface area contributed by atoms with Crippen LogP contribution in [0.5, 0.6) is 0 Å². The van der Waals surface area contributed by atoms with Gasteiger partial charge in [-0.15, -0.1) is 0 Å². The van der Waals surface area contributed by atoms with E-state index in [-0.39, 0.29) is 23.9 Å². The van der Waals surface area contributed by atoms with Crippen LogP contribution in [-0.4, -0.2) is 39.2 Å². The lowest BCUT2D eigenvalue weighted by Gasteiger charge is -2.28. The van der Waals surface area contributed by atoms with Crippen molar-refractivity contribution in [2.75, 3.05) is 13.2 Å². The fraction of sp³-hybridized carbons (Fsp3) is 0.304. The largest absolute Gasteiger partial charge is 0.459 e. The molecule has 0 aliphatic carbocycles. The molecule has 2 aliphatic rings. The lowest BCUT2D eigenvalue weighted by atomic mass is 10.0. The van der Waals surface area contributed by atoms with Crippen LogP contribution in [-0.2, 0) is 4.74 Å². The molecular formula is C23H22N4O4S. The molecule has 0 saturated carbocycles. The van der Waals surface area contributed by atoms with Crippen LogP contribution in [0.2, 0.25) is 0 Å². The van der Waals surface area contributed by atoms with Crippen molar-refractivity contribution in [3.8, 4) is 11.3 Å². The maximum absolute atomic E-state index is 11.2. The minimum absolute atomic E-state index is 0.0236. The number of aromatic nitrogens is 1. The normalized spacial score (nSPS) is 22.8. The van der Waals surface area contributed by atoms with Gasteiger partial charge in [0.1, 0.15) is 17.6 Å². The fourth-order valence-corrected chi connectivity index (χ4v) is 4.67. The first-order valence-corrected chi connectivity index (χ1v) is 11.0. The Morgan fingerprint density at radius 1 is 1.22 bits per heavy atom. The molecule has 164 valence electrons. The van der Waals surface area contributed by atoms with Crippen molar-refractivity contribution in [2.45, 2.75) is 31.0 Å². The van der Waals surface area contributed by atoms with Crippen molar-refractivity contribution < 1.29 is 14.1 Å². The third-order valence-corrected chi connectivity index (χ3v) is 6.23. The van der Waals surface area contributed by atoms with Crippen LogP contribution in [0.3, 0.4) is 0 Å². The minimum atomic E-state index is -0.410. The van der Waals surface area contributed by atoms with Gasteiger partial charge in [-0.1, -0.05) is 18.2 Å². The number of rotatable bonds is 6. The summed E-state index contributed by atoms with van der Waals surface area (Å²) in [5.74, 6) is 1.28. The van der Waals surface area contributed by atoms with Crippen LogP contribution >= 0.6 is 12.2 Å². The topological polar surface area (TPSA) is 93.7 Å². The number of benzene rings is 1. The smallest absolute Gasteiger partial charge is 0.270 e. The van der Waals surface area contributed by atoms with Crippen molar-refractivity contribution >= 4 is 23.0 Å². The molecular weight excluding hydrogens is 428 g/mol. The second kappa shape index (κ2) is 8.68. The molecule has 1 aromatic carbocycles. The Hall–Kier alpha value is -3.30. The second-order valence-corrected chi connectivity index (χ2v) is 8.31. The van der Waals surface area contributed by atoms with Gasteiger partial charge in [0.2, 0.25) is 0 Å². The number of thiocarbonyl (C=S) groups is 1. The van der Waals surface area contributed by atoms with Crippen molar-refractivity contribution in [1.82, 2.24) is 15.2 Å². The van der Waals surface area contributed by atoms with Gasteiger partial charge in [-0.3, -0.25) is 15.1 Å². The number of nitro benzene ring substituents is 1. The Morgan fingerprint density at radius 2 is 2.12 bits per heavy atom. The summed E-state index contributed by atoms with van der Waals surface area (Å²) < 4.78 is 12.1. The van der Waals surface area contributed by atoms with E-state index in [1.165, 1.54) is 12.1 Å². The maximum Gasteiger partial charge on any atom is 0.270 e. The summed E-state index contributed by atoms with van der Waals surface area (Å²) in [4.78, 5) is 17.4. The summed E-state index contributed by atoms with van der Waals surface area (Å²) in [7, 11) is 0. The highest BCUT2D eigenvalue weighted by Crippen LogP contribution is 2.41. The van der Waals surface area contributed by atoms with Gasteiger partial charge >= 0.3 is 0 Å². The van der Waals surface area contributed by atoms with E-state index in [9.17, 15) is 10.1 Å². The van der Waals surface area contributed by atoms with Gasteiger partial charge in [0.05, 0.1) is 22.8 Å². The molecule has 9 heteroatoms. The first-order valence-electron chi connectivity index (χ1n) is 10.5. The molecule has 5 rings (SSSR count). The van der Waals surface area contributed by atoms with Gasteiger partial charge in [0.25, 0.3) is 5.69 Å². The first kappa shape index (κ1) is 20.6. The number of furan rings is 1. The Bertz CT molecular complexity index is 1130. The zero-order chi connectivity index (χ0) is 22.1. The van der Waals surface area contributed by atoms with E-state index in [1.54, 1.807) is 18.3 Å². The molecule has 2 saturated heterocycles. The van der Waals surface area contributed by atoms with Crippen LogP contribution in [0.25, 0.3) is 11.3 Å². The van der Waals surface area contributed by atoms with Gasteiger partial charge in [0, 0.05) is 37.0 Å². The highest BCUT2D eigenvalue weighted by molar-refractivity contribution is 7.80. The number of nitro groups is 1. The molecule has 0 bridgehead atoms. The SMILES string of the molecule is O=[N+]([O-])c1cccc(-c2ccc([C@@H]3[C@H](c4ccccn4)NC(=S)N3C[C@H]3CCCO3)o2)c1. The van der Waals surface area contributed by atoms with Crippen LogP contribution < -0.4 is 5.32 Å². The van der Waals surface area contributed by atoms with E-state index >= 15 is 0 Å². The van der Waals surface area contributed by atoms with Crippen LogP contribution in [0.4, 0.5) is 5.69 Å². The average molecular weight is 451 g/mol. The summed E-state index contributed by atoms with van der Waals surface area (Å²) in [6.45, 7) is 1.43. The summed E-state index contributed by atoms with van der Waals surface area (Å²) in [6, 6.07) is 15.6. The van der Waals surface area contributed by atoms with Crippen molar-refractivity contribution in [2.24, 2.45) is 0 Å². The Kier molecular flexibility index (Phi) is 5.59. The molecule has 2 aliphatic heterocycles. The van der Waals surface area contributed by atoms with Gasteiger partial charge < -0.3 is 19.4 Å². The van der Waals surface area contributed by atoms with Crippen molar-refractivity contribution in [3.63, 3.8) is 0 Å². The third kappa shape index (κ3) is 3.96. The van der Waals surface area contributed by atoms with Gasteiger partial charge in [-0.05, 0) is 49.3 Å². The minimum Gasteiger partial charge on any atom is -0.459 e. The number of non-ortho nitro benzene ring substituents is 1. The number of pyridine rings is 1. The van der Waals surface area contributed by atoms with Gasteiger partial charge in [0.15, 0.2) is 5.11 Å². The molecule has 0 spiro atoms. The molecule has 0 amide bonds. The number of ether oxygens (including phenoxy) is 1. The van der Waals surface area contributed by atoms with E-state index in [2.05, 4.69) is 15.2 Å². The second-order valence-electron chi connectivity index (χ2n) is 7.92. The van der Waals surface area contributed by atoms with Crippen molar-refractivity contribution in [3.05, 3.63) is 82.4 Å². The highest BCUT2D eigenvalue weighted by Gasteiger charge is 2.42. The number of nitrogens with one attached hydrogen (secondary N) is 1. The molecule has 0 radical (unpaired) electrons. The molecule has 3 aromatic rings. The van der Waals surface area contributed by atoms with E-state index in [1.807, 2.05) is 30.3 Å². The standard InChI is InChI=1S/C23H22N4O4S/c28-27(29)16-6-3-5-15(13-16)19-9-10-20(31-19)22-21(18-8-1-2-11-24-18)25-23(32)26(22)14-17-7-4-12-30-17/h1-3,5-6,8-11,13,17,21-22H,4,7,12,14H2,(H,25,32)/t17-,21+,22-/m1/s1. The first-order chi connectivity index (χ1) is 15.6. The monoisotopic (exact) mass is 450 g/mol. The predicted octanol–water partition coefficient (Wildman–Crippen LogP) is 4.40. The molecule has 0 unspecified atom stereocenters. The Balaban J connectivity index is 1.50. The lowest BCUT2D eigenvalue weighted by molar-refractivity contribution is -0.384. The lowest BCUT2D eigenvalue weighted by Crippen LogP contribution is -2.36. The molecule has 2 fully saturated rings. The highest BCUT2D eigenvalue weighted by atomic mass is 32.1. The summed E-state index contributed by atoms with van der Waals surface area (Å²) in [5.41, 5.74) is 1.54. The molecule has 3 atom stereocenters. The molecule has 2 aromatic heterocycles. The summed E-state index contributed by atoms with van der Waals surface area (Å²) >= 11 is 5.69. The van der Waals surface area contributed by atoms with Gasteiger partial charge in [-0.2, -0.15) is 0 Å². The predicted molar refractivity (Wildman–Crippen MR) is 122 cm³/mol.